The molecule has 136 valence electrons. The molecule has 0 spiro atoms. The normalized spacial score (nSPS) is 13.3. The summed E-state index contributed by atoms with van der Waals surface area (Å²) in [6.07, 6.45) is 1.79. The highest BCUT2D eigenvalue weighted by Crippen LogP contribution is 2.22. The van der Waals surface area contributed by atoms with Crippen molar-refractivity contribution < 1.29 is 4.79 Å². The Kier molecular flexibility index (Phi) is 4.59. The van der Waals surface area contributed by atoms with Gasteiger partial charge in [0.15, 0.2) is 0 Å². The highest BCUT2D eigenvalue weighted by Gasteiger charge is 2.22. The van der Waals surface area contributed by atoms with Crippen LogP contribution < -0.4 is 10.6 Å². The Labute approximate surface area is 158 Å². The molecule has 1 aliphatic carbocycles. The maximum Gasteiger partial charge on any atom is 0.251 e. The summed E-state index contributed by atoms with van der Waals surface area (Å²) in [4.78, 5) is 21.3. The number of nitrogens with one attached hydrogen (secondary N) is 2. The third-order valence-corrected chi connectivity index (χ3v) is 4.77. The molecule has 2 aromatic carbocycles. The fourth-order valence-electron chi connectivity index (χ4n) is 3.55. The van der Waals surface area contributed by atoms with Crippen LogP contribution in [0.4, 0.5) is 11.6 Å². The molecule has 0 saturated heterocycles. The minimum Gasteiger partial charge on any atom is -0.349 e. The second-order valence-electron chi connectivity index (χ2n) is 7.02. The van der Waals surface area contributed by atoms with Gasteiger partial charge in [-0.25, -0.2) is 9.97 Å². The van der Waals surface area contributed by atoms with E-state index in [1.165, 1.54) is 11.1 Å². The molecule has 0 atom stereocenters. The van der Waals surface area contributed by atoms with E-state index in [4.69, 9.17) is 0 Å². The zero-order chi connectivity index (χ0) is 18.8. The summed E-state index contributed by atoms with van der Waals surface area (Å²) < 4.78 is 0. The van der Waals surface area contributed by atoms with E-state index in [1.54, 1.807) is 0 Å². The highest BCUT2D eigenvalue weighted by molar-refractivity contribution is 5.94. The molecule has 5 heteroatoms. The molecule has 0 bridgehead atoms. The van der Waals surface area contributed by atoms with Crippen LogP contribution in [0.3, 0.4) is 0 Å². The Morgan fingerprint density at radius 3 is 2.11 bits per heavy atom. The van der Waals surface area contributed by atoms with E-state index in [2.05, 4.69) is 32.7 Å². The summed E-state index contributed by atoms with van der Waals surface area (Å²) >= 11 is 0. The first-order chi connectivity index (χ1) is 13.1. The molecule has 4 rings (SSSR count). The lowest BCUT2D eigenvalue weighted by Gasteiger charge is -2.12. The average molecular weight is 358 g/mol. The minimum absolute atomic E-state index is 0.0398. The number of benzene rings is 2. The van der Waals surface area contributed by atoms with Gasteiger partial charge >= 0.3 is 0 Å². The number of carbonyl (C=O) groups is 1. The molecular weight excluding hydrogens is 336 g/mol. The van der Waals surface area contributed by atoms with Gasteiger partial charge in [0.2, 0.25) is 5.95 Å². The number of fused-ring (bicyclic) bond motifs is 1. The summed E-state index contributed by atoms with van der Waals surface area (Å²) in [5.41, 5.74) is 5.99. The number of nitrogens with zero attached hydrogens (tertiary/aromatic N) is 2. The quantitative estimate of drug-likeness (QED) is 0.746. The molecule has 5 nitrogen and oxygen atoms in total. The van der Waals surface area contributed by atoms with Crippen molar-refractivity contribution >= 4 is 17.5 Å². The molecule has 0 radical (unpaired) electrons. The van der Waals surface area contributed by atoms with E-state index >= 15 is 0 Å². The topological polar surface area (TPSA) is 66.9 Å². The van der Waals surface area contributed by atoms with E-state index in [0.717, 1.165) is 29.9 Å². The Balaban J connectivity index is 1.39. The van der Waals surface area contributed by atoms with E-state index < -0.39 is 0 Å². The van der Waals surface area contributed by atoms with Crippen LogP contribution in [0, 0.1) is 13.8 Å². The monoisotopic (exact) mass is 358 g/mol. The summed E-state index contributed by atoms with van der Waals surface area (Å²) in [6, 6.07) is 17.9. The number of hydrogen-bond acceptors (Lipinski definition) is 4. The van der Waals surface area contributed by atoms with Crippen LogP contribution >= 0.6 is 0 Å². The molecule has 0 aliphatic heterocycles. The van der Waals surface area contributed by atoms with Crippen LogP contribution in [0.25, 0.3) is 0 Å². The van der Waals surface area contributed by atoms with Crippen molar-refractivity contribution in [2.75, 3.05) is 5.32 Å². The predicted octanol–water partition coefficient (Wildman–Crippen LogP) is 3.73. The number of amides is 1. The van der Waals surface area contributed by atoms with Crippen molar-refractivity contribution in [2.24, 2.45) is 0 Å². The van der Waals surface area contributed by atoms with Gasteiger partial charge in [-0.1, -0.05) is 24.3 Å². The molecule has 1 amide bonds. The maximum atomic E-state index is 12.6. The second-order valence-corrected chi connectivity index (χ2v) is 7.02. The van der Waals surface area contributed by atoms with Crippen molar-refractivity contribution in [1.82, 2.24) is 15.3 Å². The fraction of sp³-hybridized carbons (Fsp3) is 0.227. The smallest absolute Gasteiger partial charge is 0.251 e. The second kappa shape index (κ2) is 7.19. The zero-order valence-corrected chi connectivity index (χ0v) is 15.5. The standard InChI is InChI=1S/C22H22N4O/c1-14-11-15(2)24-22(23-14)26-19-9-7-16(8-10-19)21(27)25-20-12-17-5-3-4-6-18(17)13-20/h3-11,20H,12-13H2,1-2H3,(H,25,27)(H,23,24,26). The third-order valence-electron chi connectivity index (χ3n) is 4.77. The van der Waals surface area contributed by atoms with Gasteiger partial charge in [-0.3, -0.25) is 4.79 Å². The van der Waals surface area contributed by atoms with Crippen LogP contribution in [-0.4, -0.2) is 21.9 Å². The summed E-state index contributed by atoms with van der Waals surface area (Å²) in [6.45, 7) is 3.88. The molecule has 1 aromatic heterocycles. The van der Waals surface area contributed by atoms with Gasteiger partial charge in [0, 0.05) is 28.7 Å². The first kappa shape index (κ1) is 17.2. The molecule has 0 unspecified atom stereocenters. The zero-order valence-electron chi connectivity index (χ0n) is 15.5. The largest absolute Gasteiger partial charge is 0.349 e. The molecule has 27 heavy (non-hydrogen) atoms. The Morgan fingerprint density at radius 1 is 0.926 bits per heavy atom. The number of carbonyl (C=O) groups excluding carboxylic acids is 1. The van der Waals surface area contributed by atoms with E-state index in [-0.39, 0.29) is 11.9 Å². The Hall–Kier alpha value is -3.21. The fourth-order valence-corrected chi connectivity index (χ4v) is 3.55. The van der Waals surface area contributed by atoms with Crippen molar-refractivity contribution in [3.63, 3.8) is 0 Å². The molecule has 0 fully saturated rings. The number of hydrogen-bond donors (Lipinski definition) is 2. The Morgan fingerprint density at radius 2 is 1.52 bits per heavy atom. The Bertz CT molecular complexity index is 937. The molecule has 1 aliphatic rings. The van der Waals surface area contributed by atoms with Crippen LogP contribution in [0.15, 0.2) is 54.6 Å². The van der Waals surface area contributed by atoms with Gasteiger partial charge in [0.1, 0.15) is 0 Å². The van der Waals surface area contributed by atoms with Gasteiger partial charge in [-0.05, 0) is 68.1 Å². The van der Waals surface area contributed by atoms with Crippen LogP contribution in [0.2, 0.25) is 0 Å². The van der Waals surface area contributed by atoms with E-state index in [0.29, 0.717) is 11.5 Å². The molecule has 3 aromatic rings. The van der Waals surface area contributed by atoms with Crippen LogP contribution in [-0.2, 0) is 12.8 Å². The predicted molar refractivity (Wildman–Crippen MR) is 106 cm³/mol. The molecule has 0 saturated carbocycles. The molecule has 2 N–H and O–H groups in total. The lowest BCUT2D eigenvalue weighted by molar-refractivity contribution is 0.0938. The van der Waals surface area contributed by atoms with E-state index in [1.807, 2.05) is 56.3 Å². The average Bonchev–Trinajstić information content (AvgIpc) is 3.03. The van der Waals surface area contributed by atoms with Gasteiger partial charge in [-0.15, -0.1) is 0 Å². The number of aromatic nitrogens is 2. The first-order valence-corrected chi connectivity index (χ1v) is 9.14. The summed E-state index contributed by atoms with van der Waals surface area (Å²) in [5.74, 6) is 0.524. The molecular formula is C22H22N4O. The highest BCUT2D eigenvalue weighted by atomic mass is 16.1. The third kappa shape index (κ3) is 3.97. The minimum atomic E-state index is -0.0398. The summed E-state index contributed by atoms with van der Waals surface area (Å²) in [5, 5.41) is 6.32. The lowest BCUT2D eigenvalue weighted by atomic mass is 10.1. The van der Waals surface area contributed by atoms with Gasteiger partial charge in [0.25, 0.3) is 5.91 Å². The van der Waals surface area contributed by atoms with Gasteiger partial charge in [0.05, 0.1) is 0 Å². The van der Waals surface area contributed by atoms with Crippen molar-refractivity contribution in [3.8, 4) is 0 Å². The molecule has 1 heterocycles. The maximum absolute atomic E-state index is 12.6. The van der Waals surface area contributed by atoms with Gasteiger partial charge < -0.3 is 10.6 Å². The SMILES string of the molecule is Cc1cc(C)nc(Nc2ccc(C(=O)NC3Cc4ccccc4C3)cc2)n1. The van der Waals surface area contributed by atoms with Crippen LogP contribution in [0.1, 0.15) is 32.9 Å². The van der Waals surface area contributed by atoms with Crippen molar-refractivity contribution in [1.29, 1.82) is 0 Å². The van der Waals surface area contributed by atoms with Crippen molar-refractivity contribution in [2.45, 2.75) is 32.7 Å². The number of aryl methyl sites for hydroxylation is 2. The number of anilines is 2. The number of rotatable bonds is 4. The van der Waals surface area contributed by atoms with Crippen molar-refractivity contribution in [3.05, 3.63) is 82.7 Å². The van der Waals surface area contributed by atoms with Crippen LogP contribution in [0.5, 0.6) is 0 Å². The summed E-state index contributed by atoms with van der Waals surface area (Å²) in [7, 11) is 0. The first-order valence-electron chi connectivity index (χ1n) is 9.14. The van der Waals surface area contributed by atoms with Gasteiger partial charge in [-0.2, -0.15) is 0 Å². The lowest BCUT2D eigenvalue weighted by Crippen LogP contribution is -2.35. The van der Waals surface area contributed by atoms with E-state index in [9.17, 15) is 4.79 Å².